The van der Waals surface area contributed by atoms with Crippen LogP contribution in [0.15, 0.2) is 58.3 Å². The van der Waals surface area contributed by atoms with E-state index in [1.165, 1.54) is 35.7 Å². The van der Waals surface area contributed by atoms with Crippen molar-refractivity contribution in [2.24, 2.45) is 45.9 Å². The number of carbonyl (C=O) groups is 4. The van der Waals surface area contributed by atoms with Crippen molar-refractivity contribution < 1.29 is 28.7 Å². The first kappa shape index (κ1) is 52.5. The van der Waals surface area contributed by atoms with Gasteiger partial charge >= 0.3 is 0 Å². The smallest absolute Gasteiger partial charge is 0.259 e. The molecule has 0 aliphatic carbocycles. The molecule has 0 saturated heterocycles. The molecule has 24 N–H and O–H groups in total. The molecule has 0 saturated carbocycles. The summed E-state index contributed by atoms with van der Waals surface area (Å²) in [6, 6.07) is 10.9. The SMILES string of the molecule is N=C(N)NCCCC(N)C(=O)Nc1cccc(NC(=O)c2cc(C(=O)Nc3cccc(NC(=O)[C@H](N)CCCNC(=N)N)c3SCCN)c(OCCN)cc2OCCN)c1SCCN. The number of carbonyl (C=O) groups excluding carboxylic acids is 4. The topological polar surface area (TPSA) is 415 Å². The second kappa shape index (κ2) is 28.0. The van der Waals surface area contributed by atoms with Crippen LogP contribution in [-0.2, 0) is 9.59 Å². The van der Waals surface area contributed by atoms with Crippen LogP contribution in [-0.4, -0.2) is 112 Å². The molecular weight excluding hydrogens is 865 g/mol. The summed E-state index contributed by atoms with van der Waals surface area (Å²) in [4.78, 5) is 56.0. The predicted molar refractivity (Wildman–Crippen MR) is 255 cm³/mol. The monoisotopic (exact) mass is 926 g/mol. The van der Waals surface area contributed by atoms with Crippen LogP contribution in [0.2, 0.25) is 0 Å². The Morgan fingerprint density at radius 3 is 1.30 bits per heavy atom. The van der Waals surface area contributed by atoms with Gasteiger partial charge in [-0.2, -0.15) is 0 Å². The minimum Gasteiger partial charge on any atom is -0.491 e. The number of nitrogens with two attached hydrogens (primary N) is 8. The largest absolute Gasteiger partial charge is 0.491 e. The lowest BCUT2D eigenvalue weighted by Gasteiger charge is -2.20. The summed E-state index contributed by atoms with van der Waals surface area (Å²) in [5.41, 5.74) is 47.6. The van der Waals surface area contributed by atoms with E-state index in [1.807, 2.05) is 0 Å². The number of hydrogen-bond acceptors (Lipinski definition) is 16. The van der Waals surface area contributed by atoms with Crippen molar-refractivity contribution in [2.45, 2.75) is 47.6 Å². The molecule has 64 heavy (non-hydrogen) atoms. The fourth-order valence-electron chi connectivity index (χ4n) is 5.78. The molecule has 1 unspecified atom stereocenters. The lowest BCUT2D eigenvalue weighted by molar-refractivity contribution is -0.118. The Bertz CT molecular complexity index is 1920. The van der Waals surface area contributed by atoms with Gasteiger partial charge in [0.05, 0.1) is 55.8 Å². The van der Waals surface area contributed by atoms with E-state index in [4.69, 9.17) is 66.2 Å². The molecule has 0 radical (unpaired) electrons. The number of hydrogen-bond donors (Lipinski definition) is 16. The highest BCUT2D eigenvalue weighted by molar-refractivity contribution is 7.99. The lowest BCUT2D eigenvalue weighted by Crippen LogP contribution is -2.37. The average molecular weight is 927 g/mol. The van der Waals surface area contributed by atoms with E-state index in [2.05, 4.69) is 31.9 Å². The Hall–Kier alpha value is -5.86. The van der Waals surface area contributed by atoms with E-state index in [1.54, 1.807) is 36.4 Å². The molecule has 0 fully saturated rings. The van der Waals surface area contributed by atoms with Crippen LogP contribution >= 0.6 is 23.5 Å². The molecule has 3 aromatic carbocycles. The Labute approximate surface area is 380 Å². The van der Waals surface area contributed by atoms with Crippen molar-refractivity contribution >= 4 is 81.8 Å². The molecule has 0 aliphatic rings. The predicted octanol–water partition coefficient (Wildman–Crippen LogP) is 0.0259. The first-order chi connectivity index (χ1) is 30.7. The Kier molecular flexibility index (Phi) is 23.0. The Morgan fingerprint density at radius 1 is 0.578 bits per heavy atom. The standard InChI is InChI=1S/C40H62N16O6S2/c41-11-17-61-31-22-32(62-18-12-42)24(36(58)54-28-8-2-10-30(34(28)64-20-14-44)56-38(60)26(46)6-4-16-52-40(49)50)21-23(31)35(57)53-27-7-1-9-29(33(27)63-19-13-43)55-37(59)25(45)5-3-15-51-39(47)48/h1-2,7-10,21-22,25-26H,3-6,11-20,41-46H2,(H,53,57)(H,54,58)(H,55,59)(H,56,60)(H4,47,48,51)(H4,49,50,52)/t25-,26?/m1/s1. The summed E-state index contributed by atoms with van der Waals surface area (Å²) in [6.07, 6.45) is 1.60. The van der Waals surface area contributed by atoms with Crippen molar-refractivity contribution in [3.8, 4) is 11.5 Å². The molecule has 24 heteroatoms. The number of rotatable bonds is 28. The number of guanidine groups is 2. The number of benzene rings is 3. The van der Waals surface area contributed by atoms with Crippen LogP contribution in [0.1, 0.15) is 46.4 Å². The lowest BCUT2D eigenvalue weighted by atomic mass is 10.1. The number of amides is 4. The van der Waals surface area contributed by atoms with Gasteiger partial charge in [0, 0.05) is 56.8 Å². The number of thioether (sulfide) groups is 2. The quantitative estimate of drug-likeness (QED) is 0.0198. The Morgan fingerprint density at radius 2 is 0.953 bits per heavy atom. The van der Waals surface area contributed by atoms with Gasteiger partial charge in [0.25, 0.3) is 11.8 Å². The van der Waals surface area contributed by atoms with E-state index in [9.17, 15) is 19.2 Å². The van der Waals surface area contributed by atoms with Crippen molar-refractivity contribution in [2.75, 3.05) is 85.3 Å². The molecule has 22 nitrogen and oxygen atoms in total. The third kappa shape index (κ3) is 17.0. The third-order valence-corrected chi connectivity index (χ3v) is 11.1. The van der Waals surface area contributed by atoms with Gasteiger partial charge in [0.1, 0.15) is 24.7 Å². The van der Waals surface area contributed by atoms with Crippen LogP contribution in [0.4, 0.5) is 22.7 Å². The molecule has 2 atom stereocenters. The van der Waals surface area contributed by atoms with Crippen LogP contribution < -0.4 is 87.2 Å². The fraction of sp³-hybridized carbons (Fsp3) is 0.400. The second-order valence-corrected chi connectivity index (χ2v) is 16.0. The summed E-state index contributed by atoms with van der Waals surface area (Å²) < 4.78 is 11.8. The molecule has 350 valence electrons. The van der Waals surface area contributed by atoms with E-state index < -0.39 is 35.7 Å². The number of ether oxygens (including phenoxy) is 2. The molecule has 0 aliphatic heterocycles. The summed E-state index contributed by atoms with van der Waals surface area (Å²) in [5.74, 6) is -1.62. The van der Waals surface area contributed by atoms with Crippen molar-refractivity contribution in [3.05, 3.63) is 59.7 Å². The molecule has 0 heterocycles. The van der Waals surface area contributed by atoms with Crippen LogP contribution in [0.25, 0.3) is 0 Å². The Balaban J connectivity index is 2.01. The number of anilines is 4. The fourth-order valence-corrected chi connectivity index (χ4v) is 7.52. The molecule has 0 bridgehead atoms. The third-order valence-electron chi connectivity index (χ3n) is 8.78. The van der Waals surface area contributed by atoms with Gasteiger partial charge in [0.2, 0.25) is 11.8 Å². The summed E-state index contributed by atoms with van der Waals surface area (Å²) in [7, 11) is 0. The maximum atomic E-state index is 14.3. The summed E-state index contributed by atoms with van der Waals surface area (Å²) in [5, 5.41) is 31.5. The van der Waals surface area contributed by atoms with E-state index in [0.29, 0.717) is 95.9 Å². The van der Waals surface area contributed by atoms with Gasteiger partial charge < -0.3 is 87.2 Å². The highest BCUT2D eigenvalue weighted by Gasteiger charge is 2.25. The van der Waals surface area contributed by atoms with E-state index in [-0.39, 0.29) is 60.8 Å². The molecule has 0 spiro atoms. The van der Waals surface area contributed by atoms with Crippen LogP contribution in [0.5, 0.6) is 11.5 Å². The highest BCUT2D eigenvalue weighted by Crippen LogP contribution is 2.38. The minimum absolute atomic E-state index is 0.0194. The minimum atomic E-state index is -0.876. The van der Waals surface area contributed by atoms with Crippen molar-refractivity contribution in [1.82, 2.24) is 10.6 Å². The van der Waals surface area contributed by atoms with Gasteiger partial charge in [-0.15, -0.1) is 23.5 Å². The highest BCUT2D eigenvalue weighted by atomic mass is 32.2. The maximum Gasteiger partial charge on any atom is 0.259 e. The number of nitrogens with one attached hydrogen (secondary N) is 8. The van der Waals surface area contributed by atoms with Gasteiger partial charge in [-0.25, -0.2) is 0 Å². The first-order valence-electron chi connectivity index (χ1n) is 20.4. The second-order valence-electron chi connectivity index (χ2n) is 13.8. The molecule has 4 amide bonds. The van der Waals surface area contributed by atoms with Gasteiger partial charge in [-0.05, 0) is 56.0 Å². The van der Waals surface area contributed by atoms with E-state index >= 15 is 0 Å². The molecule has 3 aromatic rings. The van der Waals surface area contributed by atoms with Gasteiger partial charge in [0.15, 0.2) is 11.9 Å². The first-order valence-corrected chi connectivity index (χ1v) is 22.4. The van der Waals surface area contributed by atoms with Gasteiger partial charge in [-0.1, -0.05) is 12.1 Å². The van der Waals surface area contributed by atoms with Crippen LogP contribution in [0, 0.1) is 10.8 Å². The molecule has 0 aromatic heterocycles. The molecular formula is C40H62N16O6S2. The van der Waals surface area contributed by atoms with Crippen molar-refractivity contribution in [3.63, 3.8) is 0 Å². The maximum absolute atomic E-state index is 14.3. The molecule has 3 rings (SSSR count). The zero-order valence-corrected chi connectivity index (χ0v) is 37.2. The summed E-state index contributed by atoms with van der Waals surface area (Å²) >= 11 is 2.61. The van der Waals surface area contributed by atoms with E-state index in [0.717, 1.165) is 0 Å². The average Bonchev–Trinajstić information content (AvgIpc) is 3.26. The summed E-state index contributed by atoms with van der Waals surface area (Å²) in [6.45, 7) is 1.58. The van der Waals surface area contributed by atoms with Crippen molar-refractivity contribution in [1.29, 1.82) is 10.8 Å². The van der Waals surface area contributed by atoms with Gasteiger partial charge in [-0.3, -0.25) is 30.0 Å². The zero-order valence-electron chi connectivity index (χ0n) is 35.6. The zero-order chi connectivity index (χ0) is 47.0. The normalized spacial score (nSPS) is 11.7. The van der Waals surface area contributed by atoms with Crippen LogP contribution in [0.3, 0.4) is 0 Å².